The van der Waals surface area contributed by atoms with Crippen LogP contribution in [0.25, 0.3) is 0 Å². The quantitative estimate of drug-likeness (QED) is 0.807. The summed E-state index contributed by atoms with van der Waals surface area (Å²) >= 11 is 0. The fourth-order valence-electron chi connectivity index (χ4n) is 1.32. The maximum Gasteiger partial charge on any atom is 0.410 e. The van der Waals surface area contributed by atoms with Gasteiger partial charge >= 0.3 is 6.09 Å². The summed E-state index contributed by atoms with van der Waals surface area (Å²) in [5, 5.41) is 2.68. The van der Waals surface area contributed by atoms with Gasteiger partial charge in [-0.2, -0.15) is 0 Å². The maximum atomic E-state index is 11.9. The number of hydrogen-bond donors (Lipinski definition) is 1. The number of hydrogen-bond acceptors (Lipinski definition) is 3. The summed E-state index contributed by atoms with van der Waals surface area (Å²) in [5.41, 5.74) is 0.117. The Labute approximate surface area is 116 Å². The Morgan fingerprint density at radius 3 is 2.26 bits per heavy atom. The highest BCUT2D eigenvalue weighted by Gasteiger charge is 2.20. The molecule has 110 valence electrons. The smallest absolute Gasteiger partial charge is 0.410 e. The van der Waals surface area contributed by atoms with Crippen LogP contribution in [0.4, 0.5) is 4.79 Å². The van der Waals surface area contributed by atoms with Crippen molar-refractivity contribution in [2.45, 2.75) is 53.1 Å². The van der Waals surface area contributed by atoms with E-state index < -0.39 is 5.60 Å². The van der Waals surface area contributed by atoms with E-state index in [1.807, 2.05) is 27.7 Å². The van der Waals surface area contributed by atoms with Crippen LogP contribution in [0.5, 0.6) is 0 Å². The molecule has 0 unspecified atom stereocenters. The van der Waals surface area contributed by atoms with E-state index >= 15 is 0 Å². The van der Waals surface area contributed by atoms with Crippen LogP contribution in [0.1, 0.15) is 47.5 Å². The topological polar surface area (TPSA) is 58.6 Å². The highest BCUT2D eigenvalue weighted by Crippen LogP contribution is 2.10. The van der Waals surface area contributed by atoms with Crippen LogP contribution in [-0.4, -0.2) is 35.6 Å². The molecule has 0 bridgehead atoms. The third-order valence-corrected chi connectivity index (χ3v) is 2.35. The molecule has 0 aromatic carbocycles. The monoisotopic (exact) mass is 270 g/mol. The molecule has 2 amide bonds. The van der Waals surface area contributed by atoms with E-state index in [0.29, 0.717) is 31.6 Å². The zero-order chi connectivity index (χ0) is 15.1. The van der Waals surface area contributed by atoms with Crippen molar-refractivity contribution < 1.29 is 14.3 Å². The first kappa shape index (κ1) is 17.5. The molecule has 0 aliphatic rings. The first-order valence-corrected chi connectivity index (χ1v) is 6.65. The number of ether oxygens (including phenoxy) is 1. The Hall–Kier alpha value is -1.52. The number of amides is 2. The van der Waals surface area contributed by atoms with Crippen molar-refractivity contribution in [3.05, 3.63) is 12.3 Å². The van der Waals surface area contributed by atoms with Gasteiger partial charge in [0.15, 0.2) is 0 Å². The normalized spacial score (nSPS) is 10.8. The molecular weight excluding hydrogens is 244 g/mol. The van der Waals surface area contributed by atoms with Gasteiger partial charge in [0.25, 0.3) is 0 Å². The molecule has 5 heteroatoms. The lowest BCUT2D eigenvalue weighted by molar-refractivity contribution is -0.120. The minimum atomic E-state index is -0.502. The highest BCUT2D eigenvalue weighted by atomic mass is 16.6. The summed E-state index contributed by atoms with van der Waals surface area (Å²) in [7, 11) is 0. The van der Waals surface area contributed by atoms with Gasteiger partial charge in [-0.15, -0.1) is 0 Å². The second-order valence-electron chi connectivity index (χ2n) is 5.32. The third kappa shape index (κ3) is 8.24. The first-order valence-electron chi connectivity index (χ1n) is 6.65. The summed E-state index contributed by atoms with van der Waals surface area (Å²) in [5.74, 6) is -0.0645. The molecule has 19 heavy (non-hydrogen) atoms. The molecular formula is C14H26N2O3. The molecule has 0 radical (unpaired) electrons. The van der Waals surface area contributed by atoms with Gasteiger partial charge in [-0.3, -0.25) is 4.79 Å². The Morgan fingerprint density at radius 1 is 1.26 bits per heavy atom. The predicted molar refractivity (Wildman–Crippen MR) is 75.7 cm³/mol. The van der Waals surface area contributed by atoms with E-state index in [4.69, 9.17) is 4.74 Å². The highest BCUT2D eigenvalue weighted by molar-refractivity contribution is 5.77. The van der Waals surface area contributed by atoms with Gasteiger partial charge in [0.05, 0.1) is 0 Å². The van der Waals surface area contributed by atoms with Gasteiger partial charge in [-0.05, 0) is 27.7 Å². The molecule has 0 saturated heterocycles. The van der Waals surface area contributed by atoms with Crippen LogP contribution in [0.15, 0.2) is 12.3 Å². The van der Waals surface area contributed by atoms with Crippen molar-refractivity contribution in [3.8, 4) is 0 Å². The number of nitrogens with zero attached hydrogens (tertiary/aromatic N) is 1. The van der Waals surface area contributed by atoms with E-state index in [0.717, 1.165) is 0 Å². The lowest BCUT2D eigenvalue weighted by Gasteiger charge is -2.26. The summed E-state index contributed by atoms with van der Waals surface area (Å²) in [6.07, 6.45) is 0.603. The average molecular weight is 270 g/mol. The molecule has 0 atom stereocenters. The zero-order valence-electron chi connectivity index (χ0n) is 12.7. The van der Waals surface area contributed by atoms with Gasteiger partial charge in [0.2, 0.25) is 5.91 Å². The van der Waals surface area contributed by atoms with E-state index in [-0.39, 0.29) is 12.0 Å². The van der Waals surface area contributed by atoms with Crippen LogP contribution in [-0.2, 0) is 9.53 Å². The van der Waals surface area contributed by atoms with Gasteiger partial charge < -0.3 is 15.0 Å². The van der Waals surface area contributed by atoms with E-state index in [1.165, 1.54) is 0 Å². The first-order chi connectivity index (χ1) is 8.69. The van der Waals surface area contributed by atoms with Crippen molar-refractivity contribution in [2.24, 2.45) is 0 Å². The molecule has 1 N–H and O–H groups in total. The van der Waals surface area contributed by atoms with Crippen LogP contribution >= 0.6 is 0 Å². The standard InChI is InChI=1S/C14H26N2O3/c1-7-12(17)15-11(3)9-10-16(8-2)13(18)19-14(4,5)6/h3,7-10H2,1-2,4-6H3,(H,15,17). The van der Waals surface area contributed by atoms with Crippen LogP contribution in [0.3, 0.4) is 0 Å². The molecule has 0 saturated carbocycles. The number of nitrogens with one attached hydrogen (secondary N) is 1. The number of rotatable bonds is 6. The fourth-order valence-corrected chi connectivity index (χ4v) is 1.32. The number of carbonyl (C=O) groups excluding carboxylic acids is 2. The van der Waals surface area contributed by atoms with Crippen LogP contribution in [0.2, 0.25) is 0 Å². The average Bonchev–Trinajstić information content (AvgIpc) is 2.27. The van der Waals surface area contributed by atoms with E-state index in [9.17, 15) is 9.59 Å². The minimum absolute atomic E-state index is 0.0645. The lowest BCUT2D eigenvalue weighted by Crippen LogP contribution is -2.38. The summed E-state index contributed by atoms with van der Waals surface area (Å²) < 4.78 is 5.30. The van der Waals surface area contributed by atoms with Crippen LogP contribution < -0.4 is 5.32 Å². The van der Waals surface area contributed by atoms with Crippen molar-refractivity contribution in [1.29, 1.82) is 0 Å². The fraction of sp³-hybridized carbons (Fsp3) is 0.714. The SMILES string of the molecule is C=C(CCN(CC)C(=O)OC(C)(C)C)NC(=O)CC. The predicted octanol–water partition coefficient (Wildman–Crippen LogP) is 2.67. The van der Waals surface area contributed by atoms with Crippen molar-refractivity contribution in [3.63, 3.8) is 0 Å². The van der Waals surface area contributed by atoms with Crippen LogP contribution in [0, 0.1) is 0 Å². The summed E-state index contributed by atoms with van der Waals surface area (Å²) in [6, 6.07) is 0. The largest absolute Gasteiger partial charge is 0.444 e. The zero-order valence-corrected chi connectivity index (χ0v) is 12.7. The Kier molecular flexibility index (Phi) is 7.19. The Balaban J connectivity index is 4.23. The number of carbonyl (C=O) groups is 2. The molecule has 0 aliphatic heterocycles. The van der Waals surface area contributed by atoms with Gasteiger partial charge in [-0.1, -0.05) is 13.5 Å². The summed E-state index contributed by atoms with van der Waals surface area (Å²) in [6.45, 7) is 14.0. The molecule has 5 nitrogen and oxygen atoms in total. The van der Waals surface area contributed by atoms with Crippen molar-refractivity contribution in [1.82, 2.24) is 10.2 Å². The molecule has 0 spiro atoms. The second kappa shape index (κ2) is 7.81. The van der Waals surface area contributed by atoms with E-state index in [1.54, 1.807) is 11.8 Å². The molecule has 0 fully saturated rings. The minimum Gasteiger partial charge on any atom is -0.444 e. The molecule has 0 rings (SSSR count). The van der Waals surface area contributed by atoms with Crippen molar-refractivity contribution in [2.75, 3.05) is 13.1 Å². The van der Waals surface area contributed by atoms with Gasteiger partial charge in [0, 0.05) is 31.6 Å². The van der Waals surface area contributed by atoms with Gasteiger partial charge in [-0.25, -0.2) is 4.79 Å². The third-order valence-electron chi connectivity index (χ3n) is 2.35. The van der Waals surface area contributed by atoms with Crippen molar-refractivity contribution >= 4 is 12.0 Å². The Morgan fingerprint density at radius 2 is 1.84 bits per heavy atom. The Bertz CT molecular complexity index is 332. The van der Waals surface area contributed by atoms with E-state index in [2.05, 4.69) is 11.9 Å². The molecule has 0 aromatic heterocycles. The second-order valence-corrected chi connectivity index (χ2v) is 5.32. The molecule has 0 aromatic rings. The molecule has 0 heterocycles. The lowest BCUT2D eigenvalue weighted by atomic mass is 10.2. The van der Waals surface area contributed by atoms with Gasteiger partial charge in [0.1, 0.15) is 5.60 Å². The molecule has 0 aliphatic carbocycles. The maximum absolute atomic E-state index is 11.9. The summed E-state index contributed by atoms with van der Waals surface area (Å²) in [4.78, 5) is 24.6.